The predicted molar refractivity (Wildman–Crippen MR) is 102 cm³/mol. The second-order valence-electron chi connectivity index (χ2n) is 6.97. The SMILES string of the molecule is C[C@H](NC(=O)C1CC[NH+](Cc2ccc(Cl)cc2)CC1)c1ccccc1. The molecule has 3 nitrogen and oxygen atoms in total. The number of hydrogen-bond acceptors (Lipinski definition) is 1. The molecule has 1 amide bonds. The second-order valence-corrected chi connectivity index (χ2v) is 7.40. The summed E-state index contributed by atoms with van der Waals surface area (Å²) in [6, 6.07) is 18.3. The van der Waals surface area contributed by atoms with E-state index in [-0.39, 0.29) is 17.9 Å². The lowest BCUT2D eigenvalue weighted by atomic mass is 9.95. The van der Waals surface area contributed by atoms with Crippen LogP contribution in [0.25, 0.3) is 0 Å². The summed E-state index contributed by atoms with van der Waals surface area (Å²) < 4.78 is 0. The number of benzene rings is 2. The van der Waals surface area contributed by atoms with Crippen molar-refractivity contribution in [1.82, 2.24) is 5.32 Å². The van der Waals surface area contributed by atoms with Crippen LogP contribution in [0.3, 0.4) is 0 Å². The standard InChI is InChI=1S/C21H25ClN2O/c1-16(18-5-3-2-4-6-18)23-21(25)19-11-13-24(14-12-19)15-17-7-9-20(22)10-8-17/h2-10,16,19H,11-15H2,1H3,(H,23,25)/p+1/t16-/m0/s1. The minimum absolute atomic E-state index is 0.0631. The van der Waals surface area contributed by atoms with E-state index in [1.54, 1.807) is 4.90 Å². The number of likely N-dealkylation sites (tertiary alicyclic amines) is 1. The topological polar surface area (TPSA) is 33.5 Å². The molecule has 2 aromatic carbocycles. The van der Waals surface area contributed by atoms with Crippen molar-refractivity contribution in [3.05, 3.63) is 70.7 Å². The molecule has 1 heterocycles. The highest BCUT2D eigenvalue weighted by Gasteiger charge is 2.28. The van der Waals surface area contributed by atoms with Gasteiger partial charge in [0.25, 0.3) is 0 Å². The van der Waals surface area contributed by atoms with Gasteiger partial charge in [-0.05, 0) is 24.6 Å². The van der Waals surface area contributed by atoms with Crippen LogP contribution in [0.4, 0.5) is 0 Å². The van der Waals surface area contributed by atoms with Gasteiger partial charge >= 0.3 is 0 Å². The van der Waals surface area contributed by atoms with Gasteiger partial charge in [0.2, 0.25) is 5.91 Å². The smallest absolute Gasteiger partial charge is 0.224 e. The van der Waals surface area contributed by atoms with Gasteiger partial charge in [0.05, 0.1) is 19.1 Å². The van der Waals surface area contributed by atoms with Crippen LogP contribution >= 0.6 is 11.6 Å². The lowest BCUT2D eigenvalue weighted by molar-refractivity contribution is -0.919. The molecule has 3 rings (SSSR count). The van der Waals surface area contributed by atoms with E-state index < -0.39 is 0 Å². The third-order valence-electron chi connectivity index (χ3n) is 5.09. The van der Waals surface area contributed by atoms with Crippen LogP contribution < -0.4 is 10.2 Å². The number of piperidine rings is 1. The Balaban J connectivity index is 1.46. The first kappa shape index (κ1) is 18.0. The molecule has 4 heteroatoms. The molecular weight excluding hydrogens is 332 g/mol. The number of carbonyl (C=O) groups excluding carboxylic acids is 1. The summed E-state index contributed by atoms with van der Waals surface area (Å²) in [6.45, 7) is 5.14. The number of nitrogens with one attached hydrogen (secondary N) is 2. The van der Waals surface area contributed by atoms with Gasteiger partial charge in [0.15, 0.2) is 0 Å². The zero-order valence-corrected chi connectivity index (χ0v) is 15.4. The average molecular weight is 358 g/mol. The van der Waals surface area contributed by atoms with Crippen LogP contribution in [-0.2, 0) is 11.3 Å². The zero-order valence-electron chi connectivity index (χ0n) is 14.7. The Morgan fingerprint density at radius 2 is 1.76 bits per heavy atom. The third kappa shape index (κ3) is 5.07. The highest BCUT2D eigenvalue weighted by Crippen LogP contribution is 2.16. The molecule has 0 aromatic heterocycles. The minimum atomic E-state index is 0.0631. The van der Waals surface area contributed by atoms with Gasteiger partial charge in [0.1, 0.15) is 6.54 Å². The molecule has 0 spiro atoms. The van der Waals surface area contributed by atoms with Crippen molar-refractivity contribution in [1.29, 1.82) is 0 Å². The summed E-state index contributed by atoms with van der Waals surface area (Å²) >= 11 is 5.94. The first-order chi connectivity index (χ1) is 12.1. The number of quaternary nitrogens is 1. The molecule has 0 saturated carbocycles. The molecule has 1 aliphatic heterocycles. The van der Waals surface area contributed by atoms with Crippen molar-refractivity contribution >= 4 is 17.5 Å². The number of hydrogen-bond donors (Lipinski definition) is 2. The Morgan fingerprint density at radius 3 is 2.40 bits per heavy atom. The molecule has 1 aliphatic rings. The Hall–Kier alpha value is -1.84. The minimum Gasteiger partial charge on any atom is -0.349 e. The maximum atomic E-state index is 12.5. The lowest BCUT2D eigenvalue weighted by Gasteiger charge is -2.29. The van der Waals surface area contributed by atoms with E-state index in [1.807, 2.05) is 37.3 Å². The van der Waals surface area contributed by atoms with E-state index in [9.17, 15) is 4.79 Å². The molecule has 0 bridgehead atoms. The van der Waals surface area contributed by atoms with Gasteiger partial charge in [0, 0.05) is 29.3 Å². The summed E-state index contributed by atoms with van der Waals surface area (Å²) in [4.78, 5) is 14.1. The molecule has 132 valence electrons. The van der Waals surface area contributed by atoms with E-state index in [1.165, 1.54) is 5.56 Å². The summed E-state index contributed by atoms with van der Waals surface area (Å²) in [5.74, 6) is 0.335. The van der Waals surface area contributed by atoms with Crippen molar-refractivity contribution in [3.8, 4) is 0 Å². The Bertz CT molecular complexity index is 679. The summed E-state index contributed by atoms with van der Waals surface area (Å²) in [7, 11) is 0. The van der Waals surface area contributed by atoms with E-state index in [0.29, 0.717) is 0 Å². The van der Waals surface area contributed by atoms with Crippen LogP contribution in [-0.4, -0.2) is 19.0 Å². The number of halogens is 1. The third-order valence-corrected chi connectivity index (χ3v) is 5.34. The molecule has 0 radical (unpaired) electrons. The van der Waals surface area contributed by atoms with Crippen molar-refractivity contribution in [3.63, 3.8) is 0 Å². The van der Waals surface area contributed by atoms with Gasteiger partial charge in [-0.1, -0.05) is 54.1 Å². The molecule has 2 N–H and O–H groups in total. The van der Waals surface area contributed by atoms with Crippen LogP contribution in [0.2, 0.25) is 5.02 Å². The molecule has 0 unspecified atom stereocenters. The molecule has 1 fully saturated rings. The monoisotopic (exact) mass is 357 g/mol. The van der Waals surface area contributed by atoms with Crippen molar-refractivity contribution in [2.45, 2.75) is 32.4 Å². The zero-order chi connectivity index (χ0) is 17.6. The maximum Gasteiger partial charge on any atom is 0.224 e. The van der Waals surface area contributed by atoms with Crippen molar-refractivity contribution in [2.75, 3.05) is 13.1 Å². The molecule has 25 heavy (non-hydrogen) atoms. The highest BCUT2D eigenvalue weighted by molar-refractivity contribution is 6.30. The van der Waals surface area contributed by atoms with Crippen molar-refractivity contribution in [2.24, 2.45) is 5.92 Å². The summed E-state index contributed by atoms with van der Waals surface area (Å²) in [6.07, 6.45) is 1.91. The van der Waals surface area contributed by atoms with Crippen LogP contribution in [0.5, 0.6) is 0 Å². The van der Waals surface area contributed by atoms with E-state index >= 15 is 0 Å². The molecular formula is C21H26ClN2O+. The van der Waals surface area contributed by atoms with E-state index in [4.69, 9.17) is 11.6 Å². The predicted octanol–water partition coefficient (Wildman–Crippen LogP) is 3.01. The molecule has 1 atom stereocenters. The Labute approximate surface area is 155 Å². The van der Waals surface area contributed by atoms with Gasteiger partial charge in [-0.2, -0.15) is 0 Å². The first-order valence-electron chi connectivity index (χ1n) is 9.05. The quantitative estimate of drug-likeness (QED) is 0.847. The Kier molecular flexibility index (Phi) is 6.11. The van der Waals surface area contributed by atoms with Gasteiger partial charge in [-0.25, -0.2) is 0 Å². The number of carbonyl (C=O) groups is 1. The Morgan fingerprint density at radius 1 is 1.12 bits per heavy atom. The van der Waals surface area contributed by atoms with Gasteiger partial charge in [-0.15, -0.1) is 0 Å². The first-order valence-corrected chi connectivity index (χ1v) is 9.43. The lowest BCUT2D eigenvalue weighted by Crippen LogP contribution is -3.11. The number of amides is 1. The molecule has 1 saturated heterocycles. The van der Waals surface area contributed by atoms with Gasteiger partial charge < -0.3 is 10.2 Å². The molecule has 0 aliphatic carbocycles. The van der Waals surface area contributed by atoms with E-state index in [0.717, 1.165) is 43.1 Å². The van der Waals surface area contributed by atoms with Crippen LogP contribution in [0.1, 0.15) is 36.9 Å². The van der Waals surface area contributed by atoms with Gasteiger partial charge in [-0.3, -0.25) is 4.79 Å². The fraction of sp³-hybridized carbons (Fsp3) is 0.381. The number of rotatable bonds is 5. The fourth-order valence-corrected chi connectivity index (χ4v) is 3.64. The van der Waals surface area contributed by atoms with E-state index in [2.05, 4.69) is 29.6 Å². The normalized spacial score (nSPS) is 21.5. The second kappa shape index (κ2) is 8.50. The largest absolute Gasteiger partial charge is 0.349 e. The molecule has 2 aromatic rings. The highest BCUT2D eigenvalue weighted by atomic mass is 35.5. The van der Waals surface area contributed by atoms with Crippen LogP contribution in [0.15, 0.2) is 54.6 Å². The van der Waals surface area contributed by atoms with Crippen LogP contribution in [0, 0.1) is 5.92 Å². The average Bonchev–Trinajstić information content (AvgIpc) is 2.65. The summed E-state index contributed by atoms with van der Waals surface area (Å²) in [5, 5.41) is 3.95. The maximum absolute atomic E-state index is 12.5. The summed E-state index contributed by atoms with van der Waals surface area (Å²) in [5.41, 5.74) is 2.46. The van der Waals surface area contributed by atoms with Crippen molar-refractivity contribution < 1.29 is 9.69 Å². The fourth-order valence-electron chi connectivity index (χ4n) is 3.51.